The molecule has 0 atom stereocenters. The van der Waals surface area contributed by atoms with Crippen molar-refractivity contribution >= 4 is 29.7 Å². The van der Waals surface area contributed by atoms with E-state index in [1.54, 1.807) is 6.07 Å². The van der Waals surface area contributed by atoms with Gasteiger partial charge in [-0.15, -0.1) is 0 Å². The molecule has 9 heteroatoms. The largest absolute Gasteiger partial charge is 0.276 e. The Bertz CT molecular complexity index is 822. The smallest absolute Gasteiger partial charge is 0.239 e. The lowest BCUT2D eigenvalue weighted by molar-refractivity contribution is -0.133. The number of hydrogen-bond donors (Lipinski definition) is 1. The Morgan fingerprint density at radius 3 is 2.74 bits per heavy atom. The molecule has 140 valence electrons. The highest BCUT2D eigenvalue weighted by Crippen LogP contribution is 2.14. The molecule has 2 rings (SSSR count). The van der Waals surface area contributed by atoms with Crippen molar-refractivity contribution in [1.82, 2.24) is 15.4 Å². The molecule has 2 amide bonds. The lowest BCUT2D eigenvalue weighted by atomic mass is 10.2. The molecule has 27 heavy (non-hydrogen) atoms. The number of hydrogen-bond acceptors (Lipinski definition) is 6. The number of carbonyl (C=O) groups excluding carboxylic acids is 2. The quantitative estimate of drug-likeness (QED) is 0.522. The van der Waals surface area contributed by atoms with E-state index in [0.717, 1.165) is 10.6 Å². The van der Waals surface area contributed by atoms with Crippen molar-refractivity contribution in [2.45, 2.75) is 13.5 Å². The number of amides is 2. The van der Waals surface area contributed by atoms with Gasteiger partial charge < -0.3 is 0 Å². The summed E-state index contributed by atoms with van der Waals surface area (Å²) >= 11 is 6.10. The summed E-state index contributed by atoms with van der Waals surface area (Å²) < 4.78 is 0. The number of carbonyl (C=O) groups is 2. The average molecular weight is 388 g/mol. The van der Waals surface area contributed by atoms with E-state index in [2.05, 4.69) is 10.4 Å². The van der Waals surface area contributed by atoms with Crippen LogP contribution >= 0.6 is 11.6 Å². The van der Waals surface area contributed by atoms with Crippen molar-refractivity contribution in [3.8, 4) is 6.07 Å². The van der Waals surface area contributed by atoms with Crippen LogP contribution in [0.1, 0.15) is 18.1 Å². The summed E-state index contributed by atoms with van der Waals surface area (Å²) in [5.74, 6) is 0.0298. The number of aromatic nitrogens is 1. The number of hydroxylamine groups is 1. The summed E-state index contributed by atoms with van der Waals surface area (Å²) in [7, 11) is 0. The van der Waals surface area contributed by atoms with E-state index in [1.165, 1.54) is 30.3 Å². The first-order valence-electron chi connectivity index (χ1n) is 8.03. The van der Waals surface area contributed by atoms with Crippen LogP contribution in [0.5, 0.6) is 0 Å². The molecule has 0 bridgehead atoms. The summed E-state index contributed by atoms with van der Waals surface area (Å²) in [6, 6.07) is 12.3. The van der Waals surface area contributed by atoms with Gasteiger partial charge in [0.1, 0.15) is 6.07 Å². The normalized spacial score (nSPS) is 10.1. The number of nitrogens with one attached hydrogen (secondary N) is 1. The highest BCUT2D eigenvalue weighted by atomic mass is 35.5. The maximum atomic E-state index is 11.8. The summed E-state index contributed by atoms with van der Waals surface area (Å²) in [6.45, 7) is 2.03. The van der Waals surface area contributed by atoms with Crippen molar-refractivity contribution in [3.05, 3.63) is 58.7 Å². The minimum Gasteiger partial charge on any atom is -0.276 e. The van der Waals surface area contributed by atoms with Gasteiger partial charge in [-0.1, -0.05) is 29.8 Å². The molecule has 0 spiro atoms. The summed E-state index contributed by atoms with van der Waals surface area (Å²) in [5, 5.41) is 11.7. The van der Waals surface area contributed by atoms with Gasteiger partial charge in [-0.2, -0.15) is 10.3 Å². The predicted molar refractivity (Wildman–Crippen MR) is 99.1 cm³/mol. The average Bonchev–Trinajstić information content (AvgIpc) is 2.68. The maximum Gasteiger partial charge on any atom is 0.239 e. The van der Waals surface area contributed by atoms with Gasteiger partial charge in [0.2, 0.25) is 12.3 Å². The second-order valence-corrected chi connectivity index (χ2v) is 5.79. The lowest BCUT2D eigenvalue weighted by Gasteiger charge is -2.23. The molecular formula is C18H18ClN5O3. The van der Waals surface area contributed by atoms with Crippen LogP contribution in [0.25, 0.3) is 0 Å². The molecule has 0 aliphatic heterocycles. The summed E-state index contributed by atoms with van der Waals surface area (Å²) in [4.78, 5) is 32.3. The zero-order chi connectivity index (χ0) is 19.6. The molecule has 1 heterocycles. The van der Waals surface area contributed by atoms with Gasteiger partial charge in [-0.25, -0.2) is 10.4 Å². The Morgan fingerprint density at radius 2 is 2.15 bits per heavy atom. The zero-order valence-corrected chi connectivity index (χ0v) is 15.4. The van der Waals surface area contributed by atoms with Gasteiger partial charge in [0.15, 0.2) is 5.82 Å². The van der Waals surface area contributed by atoms with E-state index in [0.29, 0.717) is 23.5 Å². The second kappa shape index (κ2) is 10.2. The van der Waals surface area contributed by atoms with Gasteiger partial charge in [0, 0.05) is 24.7 Å². The minimum absolute atomic E-state index is 0.0511. The molecule has 0 saturated heterocycles. The van der Waals surface area contributed by atoms with Crippen molar-refractivity contribution < 1.29 is 14.4 Å². The standard InChI is InChI=1S/C18H18ClN5O3/c1-14(26)23(22-12-16-4-2-3-5-17(16)19)8-9-27-24(13-25)18-7-6-15(10-20)11-21-18/h2-7,11,13,22H,8-9,12H2,1H3. The molecular weight excluding hydrogens is 370 g/mol. The van der Waals surface area contributed by atoms with Gasteiger partial charge in [-0.05, 0) is 23.8 Å². The third-order valence-electron chi connectivity index (χ3n) is 3.54. The number of halogens is 1. The predicted octanol–water partition coefficient (Wildman–Crippen LogP) is 2.05. The Morgan fingerprint density at radius 1 is 1.37 bits per heavy atom. The molecule has 0 aliphatic carbocycles. The van der Waals surface area contributed by atoms with Gasteiger partial charge in [-0.3, -0.25) is 19.4 Å². The molecule has 1 N–H and O–H groups in total. The number of nitrogens with zero attached hydrogens (tertiary/aromatic N) is 4. The van der Waals surface area contributed by atoms with E-state index in [4.69, 9.17) is 21.7 Å². The topological polar surface area (TPSA) is 98.6 Å². The third-order valence-corrected chi connectivity index (χ3v) is 3.91. The van der Waals surface area contributed by atoms with Crippen LogP contribution in [0.4, 0.5) is 5.82 Å². The SMILES string of the molecule is CC(=O)N(CCON(C=O)c1ccc(C#N)cn1)NCc1ccccc1Cl. The second-order valence-electron chi connectivity index (χ2n) is 5.38. The molecule has 0 unspecified atom stereocenters. The Labute approximate surface area is 161 Å². The molecule has 0 radical (unpaired) electrons. The van der Waals surface area contributed by atoms with Crippen molar-refractivity contribution in [2.75, 3.05) is 18.2 Å². The molecule has 0 fully saturated rings. The first-order valence-corrected chi connectivity index (χ1v) is 8.41. The van der Waals surface area contributed by atoms with Crippen LogP contribution in [-0.4, -0.2) is 35.5 Å². The number of pyridine rings is 1. The monoisotopic (exact) mass is 387 g/mol. The van der Waals surface area contributed by atoms with Gasteiger partial charge in [0.05, 0.1) is 18.7 Å². The Kier molecular flexibility index (Phi) is 7.70. The van der Waals surface area contributed by atoms with E-state index >= 15 is 0 Å². The number of anilines is 1. The number of rotatable bonds is 9. The molecule has 2 aromatic rings. The van der Waals surface area contributed by atoms with Crippen LogP contribution in [0, 0.1) is 11.3 Å². The van der Waals surface area contributed by atoms with Crippen molar-refractivity contribution in [1.29, 1.82) is 5.26 Å². The minimum atomic E-state index is -0.209. The van der Waals surface area contributed by atoms with Gasteiger partial charge in [0.25, 0.3) is 0 Å². The molecule has 8 nitrogen and oxygen atoms in total. The fraction of sp³-hybridized carbons (Fsp3) is 0.222. The van der Waals surface area contributed by atoms with E-state index in [-0.39, 0.29) is 24.9 Å². The first kappa shape index (κ1) is 20.3. The number of hydrazine groups is 1. The number of benzene rings is 1. The fourth-order valence-electron chi connectivity index (χ4n) is 2.13. The van der Waals surface area contributed by atoms with Crippen LogP contribution < -0.4 is 10.5 Å². The lowest BCUT2D eigenvalue weighted by Crippen LogP contribution is -2.44. The highest BCUT2D eigenvalue weighted by Gasteiger charge is 2.12. The van der Waals surface area contributed by atoms with Crippen molar-refractivity contribution in [2.24, 2.45) is 0 Å². The molecule has 0 saturated carbocycles. The third kappa shape index (κ3) is 6.04. The summed E-state index contributed by atoms with van der Waals surface area (Å²) in [5.41, 5.74) is 4.20. The Balaban J connectivity index is 1.89. The van der Waals surface area contributed by atoms with Crippen molar-refractivity contribution in [3.63, 3.8) is 0 Å². The fourth-order valence-corrected chi connectivity index (χ4v) is 2.34. The first-order chi connectivity index (χ1) is 13.0. The Hall–Kier alpha value is -2.99. The maximum absolute atomic E-state index is 11.8. The van der Waals surface area contributed by atoms with Crippen LogP contribution in [0.15, 0.2) is 42.6 Å². The van der Waals surface area contributed by atoms with Gasteiger partial charge >= 0.3 is 0 Å². The van der Waals surface area contributed by atoms with Crippen LogP contribution in [0.3, 0.4) is 0 Å². The number of nitriles is 1. The van der Waals surface area contributed by atoms with E-state index < -0.39 is 0 Å². The van der Waals surface area contributed by atoms with Crippen LogP contribution in [-0.2, 0) is 21.0 Å². The highest BCUT2D eigenvalue weighted by molar-refractivity contribution is 6.31. The van der Waals surface area contributed by atoms with Crippen LogP contribution in [0.2, 0.25) is 5.02 Å². The summed E-state index contributed by atoms with van der Waals surface area (Å²) in [6.07, 6.45) is 1.80. The zero-order valence-electron chi connectivity index (χ0n) is 14.6. The molecule has 0 aliphatic rings. The molecule has 1 aromatic heterocycles. The van der Waals surface area contributed by atoms with E-state index in [1.807, 2.05) is 24.3 Å². The molecule has 1 aromatic carbocycles. The van der Waals surface area contributed by atoms with E-state index in [9.17, 15) is 9.59 Å².